The van der Waals surface area contributed by atoms with Crippen molar-refractivity contribution in [1.82, 2.24) is 10.2 Å². The molecule has 2 saturated heterocycles. The van der Waals surface area contributed by atoms with Crippen molar-refractivity contribution in [3.63, 3.8) is 0 Å². The lowest BCUT2D eigenvalue weighted by molar-refractivity contribution is 0.234. The van der Waals surface area contributed by atoms with Crippen LogP contribution in [0, 0.1) is 11.7 Å². The molecular formula is C17H25FN2. The Hall–Kier alpha value is -0.930. The van der Waals surface area contributed by atoms with E-state index in [1.165, 1.54) is 51.0 Å². The largest absolute Gasteiger partial charge is 0.316 e. The zero-order chi connectivity index (χ0) is 14.0. The first-order chi connectivity index (χ1) is 9.66. The Bertz CT molecular complexity index is 439. The molecular weight excluding hydrogens is 251 g/mol. The van der Waals surface area contributed by atoms with E-state index < -0.39 is 0 Å². The molecule has 2 unspecified atom stereocenters. The van der Waals surface area contributed by atoms with Crippen molar-refractivity contribution >= 4 is 0 Å². The van der Waals surface area contributed by atoms with Crippen LogP contribution in [0.5, 0.6) is 0 Å². The Kier molecular flexibility index (Phi) is 4.08. The van der Waals surface area contributed by atoms with Gasteiger partial charge in [-0.2, -0.15) is 0 Å². The number of likely N-dealkylation sites (tertiary alicyclic amines) is 1. The third kappa shape index (κ3) is 3.04. The highest BCUT2D eigenvalue weighted by Crippen LogP contribution is 2.34. The normalized spacial score (nSPS) is 31.6. The molecule has 0 aliphatic carbocycles. The minimum Gasteiger partial charge on any atom is -0.316 e. The number of nitrogens with one attached hydrogen (secondary N) is 1. The molecule has 1 aromatic carbocycles. The fourth-order valence-corrected chi connectivity index (χ4v) is 3.75. The monoisotopic (exact) mass is 276 g/mol. The molecule has 2 heterocycles. The molecule has 1 aromatic rings. The summed E-state index contributed by atoms with van der Waals surface area (Å²) in [5.41, 5.74) is 1.47. The maximum atomic E-state index is 13.1. The number of piperidine rings is 1. The summed E-state index contributed by atoms with van der Waals surface area (Å²) in [7, 11) is 0. The molecule has 110 valence electrons. The maximum Gasteiger partial charge on any atom is 0.123 e. The summed E-state index contributed by atoms with van der Waals surface area (Å²) in [5.74, 6) is 0.666. The summed E-state index contributed by atoms with van der Waals surface area (Å²) in [6.07, 6.45) is 3.85. The van der Waals surface area contributed by atoms with E-state index in [2.05, 4.69) is 17.1 Å². The van der Waals surface area contributed by atoms with Crippen molar-refractivity contribution in [1.29, 1.82) is 0 Å². The van der Waals surface area contributed by atoms with Crippen LogP contribution in [-0.4, -0.2) is 37.6 Å². The van der Waals surface area contributed by atoms with Crippen LogP contribution in [0.3, 0.4) is 0 Å². The van der Waals surface area contributed by atoms with Crippen LogP contribution in [0.15, 0.2) is 24.3 Å². The van der Waals surface area contributed by atoms with Gasteiger partial charge in [0.15, 0.2) is 0 Å². The summed E-state index contributed by atoms with van der Waals surface area (Å²) >= 11 is 0. The third-order valence-corrected chi connectivity index (χ3v) is 5.01. The predicted octanol–water partition coefficient (Wildman–Crippen LogP) is 2.79. The van der Waals surface area contributed by atoms with Crippen molar-refractivity contribution in [2.75, 3.05) is 32.7 Å². The molecule has 1 N–H and O–H groups in total. The topological polar surface area (TPSA) is 15.3 Å². The molecule has 2 aliphatic rings. The van der Waals surface area contributed by atoms with Crippen molar-refractivity contribution in [2.45, 2.75) is 31.6 Å². The number of benzene rings is 1. The Morgan fingerprint density at radius 3 is 2.85 bits per heavy atom. The van der Waals surface area contributed by atoms with Crippen molar-refractivity contribution < 1.29 is 4.39 Å². The highest BCUT2D eigenvalue weighted by molar-refractivity contribution is 5.27. The quantitative estimate of drug-likeness (QED) is 0.913. The van der Waals surface area contributed by atoms with Gasteiger partial charge in [0.05, 0.1) is 0 Å². The van der Waals surface area contributed by atoms with E-state index in [1.807, 2.05) is 12.1 Å². The van der Waals surface area contributed by atoms with Gasteiger partial charge >= 0.3 is 0 Å². The second-order valence-corrected chi connectivity index (χ2v) is 6.77. The summed E-state index contributed by atoms with van der Waals surface area (Å²) in [5, 5.41) is 3.50. The lowest BCUT2D eigenvalue weighted by atomic mass is 9.82. The highest BCUT2D eigenvalue weighted by Gasteiger charge is 2.35. The smallest absolute Gasteiger partial charge is 0.123 e. The lowest BCUT2D eigenvalue weighted by Gasteiger charge is -2.29. The van der Waals surface area contributed by atoms with Crippen molar-refractivity contribution in [3.05, 3.63) is 35.6 Å². The minimum absolute atomic E-state index is 0.138. The minimum atomic E-state index is -0.138. The van der Waals surface area contributed by atoms with Crippen LogP contribution in [0.1, 0.15) is 31.7 Å². The first-order valence-corrected chi connectivity index (χ1v) is 7.85. The molecule has 2 aliphatic heterocycles. The number of nitrogens with zero attached hydrogens (tertiary/aromatic N) is 1. The van der Waals surface area contributed by atoms with Gasteiger partial charge in [-0.25, -0.2) is 4.39 Å². The summed E-state index contributed by atoms with van der Waals surface area (Å²) in [4.78, 5) is 2.60. The van der Waals surface area contributed by atoms with Crippen LogP contribution in [0.4, 0.5) is 4.39 Å². The maximum absolute atomic E-state index is 13.1. The molecule has 20 heavy (non-hydrogen) atoms. The van der Waals surface area contributed by atoms with Crippen LogP contribution < -0.4 is 5.32 Å². The van der Waals surface area contributed by atoms with Crippen LogP contribution in [0.2, 0.25) is 0 Å². The molecule has 0 bridgehead atoms. The standard InChI is InChI=1S/C17H25FN2/c1-17(15-4-6-16(18)7-5-15)8-10-20(13-17)12-14-3-2-9-19-11-14/h4-7,14,19H,2-3,8-13H2,1H3. The van der Waals surface area contributed by atoms with Gasteiger partial charge in [0.25, 0.3) is 0 Å². The number of rotatable bonds is 3. The van der Waals surface area contributed by atoms with Gasteiger partial charge in [0, 0.05) is 18.5 Å². The molecule has 0 radical (unpaired) electrons. The van der Waals surface area contributed by atoms with E-state index in [4.69, 9.17) is 0 Å². The van der Waals surface area contributed by atoms with Gasteiger partial charge in [-0.05, 0) is 62.5 Å². The molecule has 0 aromatic heterocycles. The van der Waals surface area contributed by atoms with Crippen LogP contribution in [0.25, 0.3) is 0 Å². The predicted molar refractivity (Wildman–Crippen MR) is 80.4 cm³/mol. The fourth-order valence-electron chi connectivity index (χ4n) is 3.75. The van der Waals surface area contributed by atoms with E-state index in [0.29, 0.717) is 0 Å². The zero-order valence-corrected chi connectivity index (χ0v) is 12.4. The second kappa shape index (κ2) is 5.82. The van der Waals surface area contributed by atoms with Gasteiger partial charge in [0.1, 0.15) is 5.82 Å². The molecule has 2 nitrogen and oxygen atoms in total. The van der Waals surface area contributed by atoms with Crippen molar-refractivity contribution in [2.24, 2.45) is 5.92 Å². The molecule has 2 atom stereocenters. The SMILES string of the molecule is CC1(c2ccc(F)cc2)CCN(CC2CCCNC2)C1. The third-order valence-electron chi connectivity index (χ3n) is 5.01. The van der Waals surface area contributed by atoms with E-state index >= 15 is 0 Å². The van der Waals surface area contributed by atoms with E-state index in [0.717, 1.165) is 12.5 Å². The molecule has 0 saturated carbocycles. The van der Waals surface area contributed by atoms with E-state index in [-0.39, 0.29) is 11.2 Å². The van der Waals surface area contributed by atoms with Gasteiger partial charge in [0.2, 0.25) is 0 Å². The zero-order valence-electron chi connectivity index (χ0n) is 12.4. The summed E-state index contributed by atoms with van der Waals surface area (Å²) < 4.78 is 13.1. The Labute approximate surface area is 121 Å². The average molecular weight is 276 g/mol. The first kappa shape index (κ1) is 14.0. The fraction of sp³-hybridized carbons (Fsp3) is 0.647. The van der Waals surface area contributed by atoms with E-state index in [1.54, 1.807) is 12.1 Å². The highest BCUT2D eigenvalue weighted by atomic mass is 19.1. The van der Waals surface area contributed by atoms with Gasteiger partial charge in [-0.1, -0.05) is 19.1 Å². The number of hydrogen-bond donors (Lipinski definition) is 1. The first-order valence-electron chi connectivity index (χ1n) is 7.85. The van der Waals surface area contributed by atoms with Gasteiger partial charge in [-0.3, -0.25) is 0 Å². The summed E-state index contributed by atoms with van der Waals surface area (Å²) in [6, 6.07) is 7.10. The van der Waals surface area contributed by atoms with Gasteiger partial charge < -0.3 is 10.2 Å². The van der Waals surface area contributed by atoms with Crippen LogP contribution >= 0.6 is 0 Å². The Morgan fingerprint density at radius 1 is 1.35 bits per heavy atom. The Morgan fingerprint density at radius 2 is 2.15 bits per heavy atom. The average Bonchev–Trinajstić information content (AvgIpc) is 2.83. The molecule has 0 spiro atoms. The second-order valence-electron chi connectivity index (χ2n) is 6.77. The molecule has 3 heteroatoms. The van der Waals surface area contributed by atoms with E-state index in [9.17, 15) is 4.39 Å². The van der Waals surface area contributed by atoms with Crippen molar-refractivity contribution in [3.8, 4) is 0 Å². The molecule has 0 amide bonds. The van der Waals surface area contributed by atoms with Crippen LogP contribution in [-0.2, 0) is 5.41 Å². The summed E-state index contributed by atoms with van der Waals surface area (Å²) in [6.45, 7) is 8.16. The number of hydrogen-bond acceptors (Lipinski definition) is 2. The Balaban J connectivity index is 1.61. The molecule has 3 rings (SSSR count). The number of halogens is 1. The molecule has 2 fully saturated rings. The lowest BCUT2D eigenvalue weighted by Crippen LogP contribution is -2.38. The van der Waals surface area contributed by atoms with Gasteiger partial charge in [-0.15, -0.1) is 0 Å².